The molecule has 3 atom stereocenters. The zero-order valence-electron chi connectivity index (χ0n) is 39.3. The van der Waals surface area contributed by atoms with Gasteiger partial charge in [-0.1, -0.05) is 31.7 Å². The molecule has 4 aromatic rings. The van der Waals surface area contributed by atoms with Crippen molar-refractivity contribution in [3.05, 3.63) is 71.0 Å². The first-order valence-electron chi connectivity index (χ1n) is 23.2. The fourth-order valence-electron chi connectivity index (χ4n) is 8.13. The molecule has 0 spiro atoms. The average Bonchev–Trinajstić information content (AvgIpc) is 3.60. The highest BCUT2D eigenvalue weighted by molar-refractivity contribution is 6.25. The van der Waals surface area contributed by atoms with Crippen LogP contribution in [0, 0.1) is 0 Å². The van der Waals surface area contributed by atoms with Crippen LogP contribution < -0.4 is 43.0 Å². The number of carboxylic acids is 1. The highest BCUT2D eigenvalue weighted by Gasteiger charge is 2.45. The Hall–Kier alpha value is -8.31. The van der Waals surface area contributed by atoms with Gasteiger partial charge in [-0.15, -0.1) is 0 Å². The van der Waals surface area contributed by atoms with E-state index in [2.05, 4.69) is 46.5 Å². The Morgan fingerprint density at radius 3 is 2.25 bits per heavy atom. The summed E-state index contributed by atoms with van der Waals surface area (Å²) in [7, 11) is 2.94. The third kappa shape index (κ3) is 13.7. The predicted molar refractivity (Wildman–Crippen MR) is 256 cm³/mol. The van der Waals surface area contributed by atoms with Crippen LogP contribution in [0.3, 0.4) is 0 Å². The lowest BCUT2D eigenvalue weighted by atomic mass is 10.0. The molecule has 1 fully saturated rings. The molecule has 376 valence electrons. The number of nitrogens with two attached hydrogens (primary N) is 2. The monoisotopic (exact) mass is 979 g/mol. The summed E-state index contributed by atoms with van der Waals surface area (Å²) in [5.41, 5.74) is 14.5. The van der Waals surface area contributed by atoms with Crippen molar-refractivity contribution in [2.45, 2.75) is 102 Å². The smallest absolute Gasteiger partial charge is 0.328 e. The fraction of sp³-hybridized carbons (Fsp3) is 0.426. The Morgan fingerprint density at radius 2 is 1.55 bits per heavy atom. The summed E-state index contributed by atoms with van der Waals surface area (Å²) in [5.74, 6) is -5.96. The molecule has 0 aliphatic carbocycles. The highest BCUT2D eigenvalue weighted by atomic mass is 16.5. The third-order valence-electron chi connectivity index (χ3n) is 11.9. The minimum atomic E-state index is -1.43. The number of ether oxygens (including phenoxy) is 1. The first-order valence-corrected chi connectivity index (χ1v) is 23.2. The maximum Gasteiger partial charge on any atom is 0.328 e. The van der Waals surface area contributed by atoms with E-state index in [1.807, 2.05) is 4.90 Å². The standard InChI is InChI=1S/C47H57N13O11/c1-59(25-27-24-52-40-38(53-27)39(48)57-47(49)58-40)28-14-12-26(13-15-28)41(64)55-31(45(68)69)16-20-35(62)54-32(46(70)71-2)17-19-34(61)51-23-8-6-4-3-5-7-22-50-30-11-9-10-29-37(30)44(67)60(43(29)66)33-18-21-36(63)56-42(33)65/h9-15,24,31-33,50H,3-8,16-23,25H2,1-2H3,(H,51,61)(H,54,62)(H,55,64)(H,68,69)(H,56,63,65)(H4,48,49,52,57,58)/t31-,32?,33?/m0/s1. The molecule has 24 nitrogen and oxygen atoms in total. The Kier molecular flexibility index (Phi) is 17.8. The largest absolute Gasteiger partial charge is 0.480 e. The molecule has 6 rings (SSSR count). The molecule has 24 heteroatoms. The number of amides is 7. The Balaban J connectivity index is 0.842. The van der Waals surface area contributed by atoms with E-state index < -0.39 is 65.5 Å². The molecule has 7 amide bonds. The molecule has 71 heavy (non-hydrogen) atoms. The summed E-state index contributed by atoms with van der Waals surface area (Å²) in [4.78, 5) is 133. The third-order valence-corrected chi connectivity index (χ3v) is 11.9. The maximum atomic E-state index is 13.3. The maximum absolute atomic E-state index is 13.3. The Bertz CT molecular complexity index is 2680. The number of anilines is 4. The van der Waals surface area contributed by atoms with Crippen LogP contribution in [-0.2, 0) is 40.0 Å². The number of esters is 1. The van der Waals surface area contributed by atoms with Gasteiger partial charge in [-0.3, -0.25) is 43.8 Å². The lowest BCUT2D eigenvalue weighted by molar-refractivity contribution is -0.145. The number of nitrogens with one attached hydrogen (secondary N) is 5. The lowest BCUT2D eigenvalue weighted by Crippen LogP contribution is -2.54. The van der Waals surface area contributed by atoms with Gasteiger partial charge < -0.3 is 47.5 Å². The summed E-state index contributed by atoms with van der Waals surface area (Å²) >= 11 is 0. The van der Waals surface area contributed by atoms with Gasteiger partial charge in [0.1, 0.15) is 18.1 Å². The van der Waals surface area contributed by atoms with E-state index in [0.29, 0.717) is 48.6 Å². The number of nitrogen functional groups attached to an aromatic ring is 2. The molecule has 2 unspecified atom stereocenters. The normalized spacial score (nSPS) is 15.1. The van der Waals surface area contributed by atoms with E-state index in [1.165, 1.54) is 18.3 Å². The lowest BCUT2D eigenvalue weighted by Gasteiger charge is -2.27. The number of rotatable bonds is 25. The van der Waals surface area contributed by atoms with Crippen LogP contribution >= 0.6 is 0 Å². The SMILES string of the molecule is COC(=O)C(CCC(=O)NCCCCCCCCNc1cccc2c1C(=O)N(C1CCC(=O)NC1=O)C2=O)NC(=O)CC[C@H](NC(=O)c1ccc(N(C)Cc2cnc3nc(N)nc(N)c3n2)cc1)C(=O)O. The van der Waals surface area contributed by atoms with Crippen LogP contribution in [0.15, 0.2) is 48.7 Å². The van der Waals surface area contributed by atoms with Crippen molar-refractivity contribution in [2.24, 2.45) is 0 Å². The number of unbranched alkanes of at least 4 members (excludes halogenated alkanes) is 5. The summed E-state index contributed by atoms with van der Waals surface area (Å²) in [5, 5.41) is 23.0. The quantitative estimate of drug-likeness (QED) is 0.0265. The zero-order valence-corrected chi connectivity index (χ0v) is 39.3. The number of carbonyl (C=O) groups is 9. The number of hydrogen-bond acceptors (Lipinski definition) is 18. The second-order valence-corrected chi connectivity index (χ2v) is 17.1. The second kappa shape index (κ2) is 24.3. The van der Waals surface area contributed by atoms with Gasteiger partial charge in [-0.05, 0) is 68.5 Å². The number of piperidine rings is 1. The molecule has 0 bridgehead atoms. The van der Waals surface area contributed by atoms with Crippen molar-refractivity contribution in [3.8, 4) is 0 Å². The number of benzene rings is 2. The summed E-state index contributed by atoms with van der Waals surface area (Å²) in [6.45, 7) is 1.27. The van der Waals surface area contributed by atoms with Crippen LogP contribution in [0.5, 0.6) is 0 Å². The van der Waals surface area contributed by atoms with Gasteiger partial charge in [0, 0.05) is 56.3 Å². The van der Waals surface area contributed by atoms with Crippen molar-refractivity contribution < 1.29 is 53.0 Å². The number of hydrogen-bond donors (Lipinski definition) is 8. The van der Waals surface area contributed by atoms with Crippen LogP contribution in [0.2, 0.25) is 0 Å². The van der Waals surface area contributed by atoms with Gasteiger partial charge in [0.2, 0.25) is 29.6 Å². The molecule has 2 aliphatic rings. The summed E-state index contributed by atoms with van der Waals surface area (Å²) < 4.78 is 4.82. The van der Waals surface area contributed by atoms with Crippen LogP contribution in [0.4, 0.5) is 23.1 Å². The Morgan fingerprint density at radius 1 is 0.859 bits per heavy atom. The van der Waals surface area contributed by atoms with Crippen molar-refractivity contribution >= 4 is 87.6 Å². The summed E-state index contributed by atoms with van der Waals surface area (Å²) in [6.07, 6.45) is 5.94. The molecule has 2 aromatic heterocycles. The number of carbonyl (C=O) groups excluding carboxylic acids is 8. The van der Waals surface area contributed by atoms with Gasteiger partial charge in [-0.2, -0.15) is 9.97 Å². The molecule has 1 saturated heterocycles. The zero-order chi connectivity index (χ0) is 51.2. The summed E-state index contributed by atoms with van der Waals surface area (Å²) in [6, 6.07) is 7.68. The van der Waals surface area contributed by atoms with Crippen molar-refractivity contribution in [1.29, 1.82) is 0 Å². The van der Waals surface area contributed by atoms with Crippen LogP contribution in [-0.4, -0.2) is 129 Å². The molecular weight excluding hydrogens is 923 g/mol. The van der Waals surface area contributed by atoms with Gasteiger partial charge in [0.15, 0.2) is 17.0 Å². The van der Waals surface area contributed by atoms with Gasteiger partial charge in [-0.25, -0.2) is 19.6 Å². The Labute approximate surface area is 407 Å². The van der Waals surface area contributed by atoms with Crippen molar-refractivity contribution in [1.82, 2.24) is 46.1 Å². The highest BCUT2D eigenvalue weighted by Crippen LogP contribution is 2.32. The molecule has 2 aliphatic heterocycles. The van der Waals surface area contributed by atoms with Gasteiger partial charge in [0.05, 0.1) is 36.7 Å². The number of methoxy groups -OCH3 is 1. The van der Waals surface area contributed by atoms with Crippen molar-refractivity contribution in [2.75, 3.05) is 48.9 Å². The number of aliphatic carboxylic acids is 1. The van der Waals surface area contributed by atoms with E-state index in [4.69, 9.17) is 16.2 Å². The number of nitrogens with zero attached hydrogens (tertiary/aromatic N) is 6. The first kappa shape index (κ1) is 52.1. The number of imide groups is 2. The fourth-order valence-corrected chi connectivity index (χ4v) is 8.13. The van der Waals surface area contributed by atoms with Crippen molar-refractivity contribution in [3.63, 3.8) is 0 Å². The van der Waals surface area contributed by atoms with E-state index in [1.54, 1.807) is 37.4 Å². The molecule has 0 saturated carbocycles. The first-order chi connectivity index (χ1) is 34.0. The second-order valence-electron chi connectivity index (χ2n) is 17.1. The molecule has 0 radical (unpaired) electrons. The van der Waals surface area contributed by atoms with E-state index >= 15 is 0 Å². The number of fused-ring (bicyclic) bond motifs is 2. The van der Waals surface area contributed by atoms with E-state index in [-0.39, 0.29) is 78.5 Å². The number of carboxylic acid groups (broad SMARTS) is 1. The predicted octanol–water partition coefficient (Wildman–Crippen LogP) is 1.59. The van der Waals surface area contributed by atoms with E-state index in [0.717, 1.165) is 44.1 Å². The number of aromatic nitrogens is 4. The molecule has 4 heterocycles. The van der Waals surface area contributed by atoms with Crippen LogP contribution in [0.25, 0.3) is 11.2 Å². The van der Waals surface area contributed by atoms with Gasteiger partial charge >= 0.3 is 11.9 Å². The topological polar surface area (TPSA) is 353 Å². The molecular formula is C47H57N13O11. The minimum absolute atomic E-state index is 0.0153. The molecule has 2 aromatic carbocycles. The van der Waals surface area contributed by atoms with Gasteiger partial charge in [0.25, 0.3) is 17.7 Å². The van der Waals surface area contributed by atoms with Crippen LogP contribution in [0.1, 0.15) is 114 Å². The van der Waals surface area contributed by atoms with E-state index in [9.17, 15) is 48.3 Å². The molecule has 10 N–H and O–H groups in total. The average molecular weight is 980 g/mol. The minimum Gasteiger partial charge on any atom is -0.480 e.